The van der Waals surface area contributed by atoms with Gasteiger partial charge >= 0.3 is 0 Å². The van der Waals surface area contributed by atoms with Crippen molar-refractivity contribution < 1.29 is 19.1 Å². The molecular weight excluding hydrogens is 628 g/mol. The van der Waals surface area contributed by atoms with Crippen LogP contribution in [0.3, 0.4) is 0 Å². The third kappa shape index (κ3) is 6.00. The normalized spacial score (nSPS) is 14.3. The van der Waals surface area contributed by atoms with Gasteiger partial charge in [-0.2, -0.15) is 5.01 Å². The lowest BCUT2D eigenvalue weighted by molar-refractivity contribution is -0.123. The molecule has 0 atom stereocenters. The van der Waals surface area contributed by atoms with Crippen LogP contribution in [0.4, 0.5) is 0 Å². The standard InChI is InChI=1S/C26H20Br2N2O4S2/c1-15-5-3-4-6-18(15)14-34-23-20(28)11-16(12-21(23)33-2)13-22-25(32)30(26(35)36-22)29-24(31)17-7-9-19(27)10-8-17/h3-13H,14H2,1-2H3,(H,29,31)/b22-13-. The number of amides is 2. The minimum absolute atomic E-state index is 0.237. The Hall–Kier alpha value is -2.66. The van der Waals surface area contributed by atoms with Crippen molar-refractivity contribution in [1.29, 1.82) is 0 Å². The van der Waals surface area contributed by atoms with Crippen LogP contribution in [0, 0.1) is 6.92 Å². The number of nitrogens with zero attached hydrogens (tertiary/aromatic N) is 1. The highest BCUT2D eigenvalue weighted by atomic mass is 79.9. The van der Waals surface area contributed by atoms with Gasteiger partial charge in [-0.3, -0.25) is 15.0 Å². The molecule has 1 fully saturated rings. The van der Waals surface area contributed by atoms with E-state index >= 15 is 0 Å². The first kappa shape index (κ1) is 26.4. The third-order valence-corrected chi connectivity index (χ3v) is 7.72. The van der Waals surface area contributed by atoms with E-state index in [2.05, 4.69) is 37.3 Å². The van der Waals surface area contributed by atoms with E-state index in [9.17, 15) is 9.59 Å². The lowest BCUT2D eigenvalue weighted by atomic mass is 10.1. The Labute approximate surface area is 235 Å². The maximum atomic E-state index is 13.0. The molecule has 0 spiro atoms. The Balaban J connectivity index is 1.51. The summed E-state index contributed by atoms with van der Waals surface area (Å²) < 4.78 is 13.4. The highest BCUT2D eigenvalue weighted by Crippen LogP contribution is 2.39. The molecule has 2 amide bonds. The Morgan fingerprint density at radius 3 is 2.56 bits per heavy atom. The molecule has 3 aromatic rings. The molecule has 0 saturated carbocycles. The first-order valence-electron chi connectivity index (χ1n) is 10.7. The second kappa shape index (κ2) is 11.6. The predicted octanol–water partition coefficient (Wildman–Crippen LogP) is 6.65. The Morgan fingerprint density at radius 1 is 1.14 bits per heavy atom. The molecule has 1 heterocycles. The van der Waals surface area contributed by atoms with E-state index in [1.165, 1.54) is 0 Å². The van der Waals surface area contributed by atoms with Gasteiger partial charge in [0.15, 0.2) is 15.8 Å². The van der Waals surface area contributed by atoms with Gasteiger partial charge < -0.3 is 9.47 Å². The number of carbonyl (C=O) groups is 2. The number of aryl methyl sites for hydroxylation is 1. The summed E-state index contributed by atoms with van der Waals surface area (Å²) in [6.45, 7) is 2.42. The molecular formula is C26H20Br2N2O4S2. The minimum Gasteiger partial charge on any atom is -0.493 e. The number of hydrogen-bond donors (Lipinski definition) is 1. The van der Waals surface area contributed by atoms with Gasteiger partial charge in [0.2, 0.25) is 0 Å². The number of thiocarbonyl (C=S) groups is 1. The highest BCUT2D eigenvalue weighted by Gasteiger charge is 2.34. The smallest absolute Gasteiger partial charge is 0.285 e. The number of hydrogen-bond acceptors (Lipinski definition) is 6. The van der Waals surface area contributed by atoms with Crippen LogP contribution in [0.15, 0.2) is 74.5 Å². The summed E-state index contributed by atoms with van der Waals surface area (Å²) in [7, 11) is 1.56. The highest BCUT2D eigenvalue weighted by molar-refractivity contribution is 9.10. The van der Waals surface area contributed by atoms with Crippen LogP contribution in [0.25, 0.3) is 6.08 Å². The fourth-order valence-electron chi connectivity index (χ4n) is 3.37. The van der Waals surface area contributed by atoms with E-state index in [1.54, 1.807) is 43.5 Å². The molecule has 0 aliphatic carbocycles. The summed E-state index contributed by atoms with van der Waals surface area (Å²) in [5, 5.41) is 1.09. The zero-order chi connectivity index (χ0) is 25.8. The SMILES string of the molecule is COc1cc(/C=C2\SC(=S)N(NC(=O)c3ccc(Br)cc3)C2=O)cc(Br)c1OCc1ccccc1C. The molecule has 0 unspecified atom stereocenters. The summed E-state index contributed by atoms with van der Waals surface area (Å²) >= 11 is 13.3. The molecule has 10 heteroatoms. The van der Waals surface area contributed by atoms with Crippen molar-refractivity contribution in [2.75, 3.05) is 7.11 Å². The van der Waals surface area contributed by atoms with E-state index in [0.717, 1.165) is 32.4 Å². The van der Waals surface area contributed by atoms with Crippen molar-refractivity contribution in [2.45, 2.75) is 13.5 Å². The minimum atomic E-state index is -0.431. The van der Waals surface area contributed by atoms with Crippen molar-refractivity contribution in [3.8, 4) is 11.5 Å². The molecule has 0 bridgehead atoms. The second-order valence-electron chi connectivity index (χ2n) is 7.71. The zero-order valence-corrected chi connectivity index (χ0v) is 24.0. The summed E-state index contributed by atoms with van der Waals surface area (Å²) in [6.07, 6.45) is 1.70. The van der Waals surface area contributed by atoms with E-state index in [-0.39, 0.29) is 4.32 Å². The van der Waals surface area contributed by atoms with Crippen molar-refractivity contribution in [3.63, 3.8) is 0 Å². The lowest BCUT2D eigenvalue weighted by Gasteiger charge is -2.16. The molecule has 6 nitrogen and oxygen atoms in total. The average molecular weight is 648 g/mol. The molecule has 1 aliphatic rings. The quantitative estimate of drug-likeness (QED) is 0.229. The van der Waals surface area contributed by atoms with Crippen LogP contribution in [-0.4, -0.2) is 28.3 Å². The summed E-state index contributed by atoms with van der Waals surface area (Å²) in [5.74, 6) is 0.237. The number of nitrogens with one attached hydrogen (secondary N) is 1. The maximum absolute atomic E-state index is 13.0. The van der Waals surface area contributed by atoms with E-state index < -0.39 is 11.8 Å². The largest absolute Gasteiger partial charge is 0.493 e. The van der Waals surface area contributed by atoms with E-state index in [1.807, 2.05) is 37.3 Å². The maximum Gasteiger partial charge on any atom is 0.285 e. The van der Waals surface area contributed by atoms with Crippen molar-refractivity contribution in [1.82, 2.24) is 10.4 Å². The van der Waals surface area contributed by atoms with Gasteiger partial charge in [-0.05, 0) is 94.2 Å². The van der Waals surface area contributed by atoms with Crippen LogP contribution >= 0.6 is 55.8 Å². The predicted molar refractivity (Wildman–Crippen MR) is 153 cm³/mol. The topological polar surface area (TPSA) is 67.9 Å². The molecule has 36 heavy (non-hydrogen) atoms. The summed E-state index contributed by atoms with van der Waals surface area (Å²) in [5.41, 5.74) is 5.91. The number of carbonyl (C=O) groups excluding carboxylic acids is 2. The van der Waals surface area contributed by atoms with E-state index in [0.29, 0.717) is 38.6 Å². The van der Waals surface area contributed by atoms with Gasteiger partial charge in [0, 0.05) is 10.0 Å². The van der Waals surface area contributed by atoms with Crippen LogP contribution < -0.4 is 14.9 Å². The number of benzene rings is 3. The molecule has 0 aromatic heterocycles. The number of rotatable bonds is 7. The van der Waals surface area contributed by atoms with Gasteiger partial charge in [-0.15, -0.1) is 0 Å². The molecule has 4 rings (SSSR count). The lowest BCUT2D eigenvalue weighted by Crippen LogP contribution is -2.44. The first-order valence-corrected chi connectivity index (χ1v) is 13.5. The number of thioether (sulfide) groups is 1. The van der Waals surface area contributed by atoms with Crippen molar-refractivity contribution >= 4 is 78.1 Å². The summed E-state index contributed by atoms with van der Waals surface area (Å²) in [4.78, 5) is 25.9. The fourth-order valence-corrected chi connectivity index (χ4v) is 5.39. The monoisotopic (exact) mass is 646 g/mol. The Kier molecular flexibility index (Phi) is 8.50. The van der Waals surface area contributed by atoms with Crippen LogP contribution in [0.1, 0.15) is 27.0 Å². The zero-order valence-electron chi connectivity index (χ0n) is 19.2. The van der Waals surface area contributed by atoms with Crippen LogP contribution in [0.5, 0.6) is 11.5 Å². The van der Waals surface area contributed by atoms with Gasteiger partial charge in [0.1, 0.15) is 6.61 Å². The summed E-state index contributed by atoms with van der Waals surface area (Å²) in [6, 6.07) is 18.4. The van der Waals surface area contributed by atoms with Gasteiger partial charge in [0.25, 0.3) is 11.8 Å². The van der Waals surface area contributed by atoms with Crippen molar-refractivity contribution in [3.05, 3.63) is 96.8 Å². The first-order chi connectivity index (χ1) is 17.3. The number of methoxy groups -OCH3 is 1. The molecule has 184 valence electrons. The third-order valence-electron chi connectivity index (χ3n) is 5.30. The van der Waals surface area contributed by atoms with Crippen molar-refractivity contribution in [2.24, 2.45) is 0 Å². The van der Waals surface area contributed by atoms with Gasteiger partial charge in [0.05, 0.1) is 16.5 Å². The fraction of sp³-hybridized carbons (Fsp3) is 0.115. The number of ether oxygens (including phenoxy) is 2. The molecule has 1 aliphatic heterocycles. The number of halogens is 2. The Morgan fingerprint density at radius 2 is 1.86 bits per heavy atom. The molecule has 0 radical (unpaired) electrons. The number of hydrazine groups is 1. The average Bonchev–Trinajstić information content (AvgIpc) is 3.11. The molecule has 1 saturated heterocycles. The Bertz CT molecular complexity index is 1380. The van der Waals surface area contributed by atoms with Gasteiger partial charge in [-0.1, -0.05) is 52.0 Å². The van der Waals surface area contributed by atoms with Crippen LogP contribution in [0.2, 0.25) is 0 Å². The molecule has 1 N–H and O–H groups in total. The molecule has 3 aromatic carbocycles. The van der Waals surface area contributed by atoms with E-state index in [4.69, 9.17) is 21.7 Å². The van der Waals surface area contributed by atoms with Gasteiger partial charge in [-0.25, -0.2) is 0 Å². The van der Waals surface area contributed by atoms with Crippen LogP contribution in [-0.2, 0) is 11.4 Å². The second-order valence-corrected chi connectivity index (χ2v) is 11.2.